The van der Waals surface area contributed by atoms with Crippen LogP contribution in [0.15, 0.2) is 40.8 Å². The van der Waals surface area contributed by atoms with Crippen LogP contribution in [0.5, 0.6) is 17.2 Å². The summed E-state index contributed by atoms with van der Waals surface area (Å²) in [6.07, 6.45) is 0.889. The fourth-order valence-corrected chi connectivity index (χ4v) is 2.92. The van der Waals surface area contributed by atoms with E-state index in [1.807, 2.05) is 18.2 Å². The Labute approximate surface area is 161 Å². The topological polar surface area (TPSA) is 95.7 Å². The van der Waals surface area contributed by atoms with Crippen molar-refractivity contribution in [2.75, 3.05) is 19.2 Å². The third kappa shape index (κ3) is 3.75. The first-order valence-electron chi connectivity index (χ1n) is 8.79. The summed E-state index contributed by atoms with van der Waals surface area (Å²) in [5.74, 6) is 2.72. The molecule has 0 bridgehead atoms. The van der Waals surface area contributed by atoms with E-state index in [9.17, 15) is 4.79 Å². The Hall–Kier alpha value is -3.55. The number of carbonyl (C=O) groups excluding carboxylic acids is 1. The third-order valence-electron chi connectivity index (χ3n) is 4.32. The second-order valence-electron chi connectivity index (χ2n) is 6.28. The molecule has 4 rings (SSSR count). The summed E-state index contributed by atoms with van der Waals surface area (Å²) in [6.45, 7) is 1.95. The summed E-state index contributed by atoms with van der Waals surface area (Å²) >= 11 is 0. The first kappa shape index (κ1) is 17.8. The van der Waals surface area contributed by atoms with Gasteiger partial charge >= 0.3 is 0 Å². The maximum Gasteiger partial charge on any atom is 0.247 e. The van der Waals surface area contributed by atoms with Gasteiger partial charge in [0.2, 0.25) is 24.5 Å². The van der Waals surface area contributed by atoms with E-state index >= 15 is 0 Å². The molecule has 1 amide bonds. The highest BCUT2D eigenvalue weighted by molar-refractivity contribution is 5.93. The van der Waals surface area contributed by atoms with Crippen molar-refractivity contribution in [3.05, 3.63) is 47.9 Å². The SMILES string of the molecule is COc1ccc(-c2nnc(C)o2)cc1NC(=O)CCc1ccc2c(c1)OCO2. The molecule has 8 heteroatoms. The zero-order chi connectivity index (χ0) is 19.5. The fraction of sp³-hybridized carbons (Fsp3) is 0.250. The molecule has 3 aromatic rings. The zero-order valence-electron chi connectivity index (χ0n) is 15.5. The molecule has 0 radical (unpaired) electrons. The molecular formula is C20H19N3O5. The first-order valence-corrected chi connectivity index (χ1v) is 8.79. The minimum absolute atomic E-state index is 0.130. The standard InChI is InChI=1S/C20H19N3O5/c1-12-22-23-20(28-12)14-5-7-16(25-2)15(10-14)21-19(24)8-4-13-3-6-17-18(9-13)27-11-26-17/h3,5-7,9-10H,4,8,11H2,1-2H3,(H,21,24). The lowest BCUT2D eigenvalue weighted by Gasteiger charge is -2.11. The highest BCUT2D eigenvalue weighted by Crippen LogP contribution is 2.33. The number of carbonyl (C=O) groups is 1. The predicted octanol–water partition coefficient (Wildman–Crippen LogP) is 3.35. The molecule has 1 aliphatic heterocycles. The Morgan fingerprint density at radius 1 is 1.14 bits per heavy atom. The second-order valence-corrected chi connectivity index (χ2v) is 6.28. The lowest BCUT2D eigenvalue weighted by molar-refractivity contribution is -0.116. The van der Waals surface area contributed by atoms with Gasteiger partial charge in [0, 0.05) is 18.9 Å². The number of fused-ring (bicyclic) bond motifs is 1. The molecule has 2 aromatic carbocycles. The van der Waals surface area contributed by atoms with E-state index in [1.54, 1.807) is 32.2 Å². The van der Waals surface area contributed by atoms with Crippen molar-refractivity contribution in [3.8, 4) is 28.7 Å². The number of nitrogens with one attached hydrogen (secondary N) is 1. The number of aromatic nitrogens is 2. The molecule has 1 N–H and O–H groups in total. The van der Waals surface area contributed by atoms with Crippen molar-refractivity contribution in [2.24, 2.45) is 0 Å². The molecule has 0 saturated heterocycles. The van der Waals surface area contributed by atoms with Crippen molar-refractivity contribution < 1.29 is 23.4 Å². The molecular weight excluding hydrogens is 362 g/mol. The van der Waals surface area contributed by atoms with Crippen molar-refractivity contribution >= 4 is 11.6 Å². The number of anilines is 1. The van der Waals surface area contributed by atoms with Gasteiger partial charge in [0.15, 0.2) is 11.5 Å². The Bertz CT molecular complexity index is 1010. The molecule has 2 heterocycles. The molecule has 8 nitrogen and oxygen atoms in total. The molecule has 28 heavy (non-hydrogen) atoms. The molecule has 1 aliphatic rings. The van der Waals surface area contributed by atoms with Crippen LogP contribution in [-0.4, -0.2) is 30.0 Å². The second kappa shape index (κ2) is 7.59. The summed E-state index contributed by atoms with van der Waals surface area (Å²) in [5.41, 5.74) is 2.25. The molecule has 0 unspecified atom stereocenters. The van der Waals surface area contributed by atoms with E-state index in [1.165, 1.54) is 0 Å². The van der Waals surface area contributed by atoms with E-state index in [2.05, 4.69) is 15.5 Å². The number of nitrogens with zero attached hydrogens (tertiary/aromatic N) is 2. The van der Waals surface area contributed by atoms with Gasteiger partial charge in [0.25, 0.3) is 0 Å². The Morgan fingerprint density at radius 3 is 2.79 bits per heavy atom. The van der Waals surface area contributed by atoms with Crippen LogP contribution in [0.25, 0.3) is 11.5 Å². The van der Waals surface area contributed by atoms with E-state index in [-0.39, 0.29) is 12.7 Å². The molecule has 0 aliphatic carbocycles. The molecule has 0 fully saturated rings. The van der Waals surface area contributed by atoms with Crippen LogP contribution in [-0.2, 0) is 11.2 Å². The number of hydrogen-bond acceptors (Lipinski definition) is 7. The summed E-state index contributed by atoms with van der Waals surface area (Å²) in [6, 6.07) is 11.0. The third-order valence-corrected chi connectivity index (χ3v) is 4.32. The highest BCUT2D eigenvalue weighted by atomic mass is 16.7. The van der Waals surface area contributed by atoms with Gasteiger partial charge in [-0.1, -0.05) is 6.07 Å². The largest absolute Gasteiger partial charge is 0.495 e. The van der Waals surface area contributed by atoms with Crippen LogP contribution < -0.4 is 19.5 Å². The molecule has 0 spiro atoms. The summed E-state index contributed by atoms with van der Waals surface area (Å²) in [5, 5.41) is 10.7. The van der Waals surface area contributed by atoms with Gasteiger partial charge in [0.1, 0.15) is 5.75 Å². The van der Waals surface area contributed by atoms with Crippen molar-refractivity contribution in [1.82, 2.24) is 10.2 Å². The van der Waals surface area contributed by atoms with Crippen LogP contribution in [0.4, 0.5) is 5.69 Å². The van der Waals surface area contributed by atoms with Gasteiger partial charge in [-0.15, -0.1) is 10.2 Å². The average Bonchev–Trinajstić information content (AvgIpc) is 3.34. The summed E-state index contributed by atoms with van der Waals surface area (Å²) in [4.78, 5) is 12.5. The van der Waals surface area contributed by atoms with E-state index in [0.717, 1.165) is 11.3 Å². The molecule has 0 saturated carbocycles. The number of hydrogen-bond donors (Lipinski definition) is 1. The minimum atomic E-state index is -0.130. The van der Waals surface area contributed by atoms with E-state index in [4.69, 9.17) is 18.6 Å². The van der Waals surface area contributed by atoms with Crippen molar-refractivity contribution in [1.29, 1.82) is 0 Å². The van der Waals surface area contributed by atoms with Gasteiger partial charge in [-0.25, -0.2) is 0 Å². The van der Waals surface area contributed by atoms with Crippen LogP contribution in [0.2, 0.25) is 0 Å². The Morgan fingerprint density at radius 2 is 2.00 bits per heavy atom. The van der Waals surface area contributed by atoms with Crippen LogP contribution in [0, 0.1) is 6.92 Å². The maximum atomic E-state index is 12.5. The monoisotopic (exact) mass is 381 g/mol. The number of amides is 1. The number of methoxy groups -OCH3 is 1. The lowest BCUT2D eigenvalue weighted by Crippen LogP contribution is -2.13. The number of ether oxygens (including phenoxy) is 3. The van der Waals surface area contributed by atoms with Crippen molar-refractivity contribution in [2.45, 2.75) is 19.8 Å². The number of rotatable bonds is 6. The van der Waals surface area contributed by atoms with Crippen molar-refractivity contribution in [3.63, 3.8) is 0 Å². The minimum Gasteiger partial charge on any atom is -0.495 e. The first-order chi connectivity index (χ1) is 13.6. The zero-order valence-corrected chi connectivity index (χ0v) is 15.5. The van der Waals surface area contributed by atoms with Gasteiger partial charge in [0.05, 0.1) is 12.8 Å². The highest BCUT2D eigenvalue weighted by Gasteiger charge is 2.15. The van der Waals surface area contributed by atoms with Gasteiger partial charge in [-0.05, 0) is 42.3 Å². The fourth-order valence-electron chi connectivity index (χ4n) is 2.92. The van der Waals surface area contributed by atoms with Gasteiger partial charge in [-0.2, -0.15) is 0 Å². The van der Waals surface area contributed by atoms with E-state index in [0.29, 0.717) is 47.4 Å². The molecule has 1 aromatic heterocycles. The molecule has 0 atom stereocenters. The Balaban J connectivity index is 1.44. The normalized spacial score (nSPS) is 12.1. The summed E-state index contributed by atoms with van der Waals surface area (Å²) < 4.78 is 21.5. The maximum absolute atomic E-state index is 12.5. The lowest BCUT2D eigenvalue weighted by atomic mass is 10.1. The van der Waals surface area contributed by atoms with Crippen LogP contribution in [0.3, 0.4) is 0 Å². The average molecular weight is 381 g/mol. The predicted molar refractivity (Wildman–Crippen MR) is 101 cm³/mol. The summed E-state index contributed by atoms with van der Waals surface area (Å²) in [7, 11) is 1.55. The number of benzene rings is 2. The smallest absolute Gasteiger partial charge is 0.247 e. The Kier molecular flexibility index (Phi) is 4.84. The van der Waals surface area contributed by atoms with Gasteiger partial charge in [-0.3, -0.25) is 4.79 Å². The van der Waals surface area contributed by atoms with E-state index < -0.39 is 0 Å². The van der Waals surface area contributed by atoms with Gasteiger partial charge < -0.3 is 23.9 Å². The van der Waals surface area contributed by atoms with Crippen LogP contribution >= 0.6 is 0 Å². The number of aryl methyl sites for hydroxylation is 2. The molecule has 144 valence electrons. The quantitative estimate of drug-likeness (QED) is 0.699. The van der Waals surface area contributed by atoms with Crippen LogP contribution in [0.1, 0.15) is 17.9 Å².